The van der Waals surface area contributed by atoms with Gasteiger partial charge in [-0.15, -0.1) is 0 Å². The van der Waals surface area contributed by atoms with Crippen LogP contribution in [-0.2, 0) is 9.53 Å². The van der Waals surface area contributed by atoms with Gasteiger partial charge in [0.15, 0.2) is 0 Å². The minimum absolute atomic E-state index is 0.359. The van der Waals surface area contributed by atoms with Crippen molar-refractivity contribution < 1.29 is 9.53 Å². The normalized spacial score (nSPS) is 25.6. The molecule has 2 fully saturated rings. The molecule has 18 heavy (non-hydrogen) atoms. The van der Waals surface area contributed by atoms with Gasteiger partial charge in [0, 0.05) is 33.2 Å². The number of hydrogen-bond acceptors (Lipinski definition) is 3. The maximum absolute atomic E-state index is 12.1. The molecule has 2 aliphatic heterocycles. The highest BCUT2D eigenvalue weighted by Crippen LogP contribution is 2.20. The lowest BCUT2D eigenvalue weighted by Crippen LogP contribution is -2.39. The number of ether oxygens (including phenoxy) is 1. The van der Waals surface area contributed by atoms with Crippen molar-refractivity contribution in [1.29, 1.82) is 0 Å². The Labute approximate surface area is 110 Å². The molecular weight excluding hydrogens is 228 g/mol. The van der Waals surface area contributed by atoms with Crippen molar-refractivity contribution in [3.63, 3.8) is 0 Å². The average Bonchev–Trinajstić information content (AvgIpc) is 2.90. The van der Waals surface area contributed by atoms with Crippen LogP contribution in [0.3, 0.4) is 0 Å². The van der Waals surface area contributed by atoms with E-state index in [1.807, 2.05) is 0 Å². The van der Waals surface area contributed by atoms with E-state index < -0.39 is 0 Å². The van der Waals surface area contributed by atoms with E-state index in [9.17, 15) is 4.79 Å². The van der Waals surface area contributed by atoms with Crippen molar-refractivity contribution in [2.75, 3.05) is 39.9 Å². The third-order valence-electron chi connectivity index (χ3n) is 4.30. The number of carbonyl (C=O) groups is 1. The van der Waals surface area contributed by atoms with Crippen LogP contribution in [0, 0.1) is 11.8 Å². The molecule has 0 spiro atoms. The number of nitrogens with zero attached hydrogens (tertiary/aromatic N) is 1. The molecule has 0 aromatic rings. The van der Waals surface area contributed by atoms with Crippen LogP contribution in [0.1, 0.15) is 32.1 Å². The van der Waals surface area contributed by atoms with E-state index in [1.165, 1.54) is 6.42 Å². The smallest absolute Gasteiger partial charge is 0.222 e. The van der Waals surface area contributed by atoms with E-state index in [4.69, 9.17) is 4.74 Å². The molecule has 0 aromatic carbocycles. The van der Waals surface area contributed by atoms with E-state index in [0.29, 0.717) is 11.8 Å². The van der Waals surface area contributed by atoms with Crippen LogP contribution in [0.2, 0.25) is 0 Å². The van der Waals surface area contributed by atoms with E-state index in [0.717, 1.165) is 64.4 Å². The number of hydrogen-bond donors (Lipinski definition) is 1. The molecular formula is C14H26N2O2. The van der Waals surface area contributed by atoms with Gasteiger partial charge in [0.1, 0.15) is 0 Å². The predicted octanol–water partition coefficient (Wildman–Crippen LogP) is 1.26. The molecule has 0 aliphatic carbocycles. The van der Waals surface area contributed by atoms with Gasteiger partial charge in [-0.05, 0) is 50.6 Å². The van der Waals surface area contributed by atoms with Crippen LogP contribution in [0.15, 0.2) is 0 Å². The zero-order valence-electron chi connectivity index (χ0n) is 11.5. The number of nitrogens with one attached hydrogen (secondary N) is 1. The van der Waals surface area contributed by atoms with Crippen molar-refractivity contribution in [3.05, 3.63) is 0 Å². The summed E-state index contributed by atoms with van der Waals surface area (Å²) in [6.07, 6.45) is 5.24. The summed E-state index contributed by atoms with van der Waals surface area (Å²) < 4.78 is 5.18. The molecule has 2 aliphatic rings. The SMILES string of the molecule is COCC1CCN(C(=O)CCC2CCNC2)CC1. The Morgan fingerprint density at radius 3 is 2.67 bits per heavy atom. The second-order valence-corrected chi connectivity index (χ2v) is 5.68. The Bertz CT molecular complexity index is 257. The van der Waals surface area contributed by atoms with Crippen molar-refractivity contribution >= 4 is 5.91 Å². The summed E-state index contributed by atoms with van der Waals surface area (Å²) in [5, 5.41) is 3.36. The van der Waals surface area contributed by atoms with Gasteiger partial charge in [-0.1, -0.05) is 0 Å². The molecule has 0 saturated carbocycles. The van der Waals surface area contributed by atoms with Crippen LogP contribution < -0.4 is 5.32 Å². The summed E-state index contributed by atoms with van der Waals surface area (Å²) in [5.41, 5.74) is 0. The molecule has 1 atom stereocenters. The summed E-state index contributed by atoms with van der Waals surface area (Å²) >= 11 is 0. The predicted molar refractivity (Wildman–Crippen MR) is 71.4 cm³/mol. The molecule has 2 rings (SSSR count). The lowest BCUT2D eigenvalue weighted by Gasteiger charge is -2.32. The molecule has 0 radical (unpaired) electrons. The van der Waals surface area contributed by atoms with E-state index in [2.05, 4.69) is 10.2 Å². The van der Waals surface area contributed by atoms with Crippen LogP contribution in [0.25, 0.3) is 0 Å². The first-order chi connectivity index (χ1) is 8.79. The Hall–Kier alpha value is -0.610. The lowest BCUT2D eigenvalue weighted by atomic mass is 9.96. The summed E-state index contributed by atoms with van der Waals surface area (Å²) in [6.45, 7) is 4.92. The van der Waals surface area contributed by atoms with Crippen LogP contribution in [-0.4, -0.2) is 50.7 Å². The summed E-state index contributed by atoms with van der Waals surface area (Å²) in [6, 6.07) is 0. The number of carbonyl (C=O) groups excluding carboxylic acids is 1. The highest BCUT2D eigenvalue weighted by Gasteiger charge is 2.23. The van der Waals surface area contributed by atoms with Gasteiger partial charge < -0.3 is 15.0 Å². The van der Waals surface area contributed by atoms with E-state index in [-0.39, 0.29) is 0 Å². The molecule has 0 bridgehead atoms. The maximum atomic E-state index is 12.1. The van der Waals surface area contributed by atoms with Crippen molar-refractivity contribution in [2.24, 2.45) is 11.8 Å². The molecule has 4 heteroatoms. The van der Waals surface area contributed by atoms with Gasteiger partial charge in [-0.2, -0.15) is 0 Å². The zero-order valence-corrected chi connectivity index (χ0v) is 11.5. The number of likely N-dealkylation sites (tertiary alicyclic amines) is 1. The molecule has 4 nitrogen and oxygen atoms in total. The minimum atomic E-state index is 0.359. The third-order valence-corrected chi connectivity index (χ3v) is 4.30. The van der Waals surface area contributed by atoms with Gasteiger partial charge in [-0.25, -0.2) is 0 Å². The quantitative estimate of drug-likeness (QED) is 0.803. The Balaban J connectivity index is 1.64. The van der Waals surface area contributed by atoms with Crippen molar-refractivity contribution in [3.8, 4) is 0 Å². The van der Waals surface area contributed by atoms with Crippen molar-refractivity contribution in [2.45, 2.75) is 32.1 Å². The fourth-order valence-electron chi connectivity index (χ4n) is 3.03. The Morgan fingerprint density at radius 2 is 2.06 bits per heavy atom. The first kappa shape index (κ1) is 13.8. The Morgan fingerprint density at radius 1 is 1.28 bits per heavy atom. The molecule has 1 N–H and O–H groups in total. The molecule has 2 saturated heterocycles. The van der Waals surface area contributed by atoms with Gasteiger partial charge >= 0.3 is 0 Å². The second kappa shape index (κ2) is 7.10. The first-order valence-corrected chi connectivity index (χ1v) is 7.27. The largest absolute Gasteiger partial charge is 0.384 e. The third kappa shape index (κ3) is 3.95. The van der Waals surface area contributed by atoms with Crippen LogP contribution >= 0.6 is 0 Å². The fraction of sp³-hybridized carbons (Fsp3) is 0.929. The van der Waals surface area contributed by atoms with Crippen molar-refractivity contribution in [1.82, 2.24) is 10.2 Å². The minimum Gasteiger partial charge on any atom is -0.384 e. The lowest BCUT2D eigenvalue weighted by molar-refractivity contribution is -0.133. The maximum Gasteiger partial charge on any atom is 0.222 e. The zero-order chi connectivity index (χ0) is 12.8. The summed E-state index contributed by atoms with van der Waals surface area (Å²) in [4.78, 5) is 14.1. The number of amides is 1. The fourth-order valence-corrected chi connectivity index (χ4v) is 3.03. The van der Waals surface area contributed by atoms with Gasteiger partial charge in [0.05, 0.1) is 0 Å². The Kier molecular flexibility index (Phi) is 5.45. The summed E-state index contributed by atoms with van der Waals surface area (Å²) in [5.74, 6) is 1.73. The first-order valence-electron chi connectivity index (χ1n) is 7.27. The van der Waals surface area contributed by atoms with Gasteiger partial charge in [0.25, 0.3) is 0 Å². The highest BCUT2D eigenvalue weighted by atomic mass is 16.5. The highest BCUT2D eigenvalue weighted by molar-refractivity contribution is 5.76. The molecule has 2 heterocycles. The average molecular weight is 254 g/mol. The number of rotatable bonds is 5. The van der Waals surface area contributed by atoms with E-state index in [1.54, 1.807) is 7.11 Å². The standard InChI is InChI=1S/C14H26N2O2/c1-18-11-13-5-8-16(9-6-13)14(17)3-2-12-4-7-15-10-12/h12-13,15H,2-11H2,1H3. The van der Waals surface area contributed by atoms with Crippen LogP contribution in [0.5, 0.6) is 0 Å². The summed E-state index contributed by atoms with van der Waals surface area (Å²) in [7, 11) is 1.76. The van der Waals surface area contributed by atoms with Gasteiger partial charge in [0.2, 0.25) is 5.91 Å². The molecule has 104 valence electrons. The molecule has 1 unspecified atom stereocenters. The molecule has 1 amide bonds. The topological polar surface area (TPSA) is 41.6 Å². The second-order valence-electron chi connectivity index (χ2n) is 5.68. The van der Waals surface area contributed by atoms with E-state index >= 15 is 0 Å². The number of methoxy groups -OCH3 is 1. The van der Waals surface area contributed by atoms with Crippen LogP contribution in [0.4, 0.5) is 0 Å². The monoisotopic (exact) mass is 254 g/mol. The van der Waals surface area contributed by atoms with Gasteiger partial charge in [-0.3, -0.25) is 4.79 Å². The molecule has 0 aromatic heterocycles. The number of piperidine rings is 1.